The summed E-state index contributed by atoms with van der Waals surface area (Å²) in [5, 5.41) is 8.71. The van der Waals surface area contributed by atoms with E-state index in [1.165, 1.54) is 11.3 Å². The third-order valence-electron chi connectivity index (χ3n) is 2.48. The second-order valence-corrected chi connectivity index (χ2v) is 4.64. The average Bonchev–Trinajstić information content (AvgIpc) is 2.22. The van der Waals surface area contributed by atoms with Gasteiger partial charge >= 0.3 is 0 Å². The summed E-state index contributed by atoms with van der Waals surface area (Å²) >= 11 is 3.49. The molecule has 2 nitrogen and oxygen atoms in total. The number of aliphatic hydroxyl groups is 1. The van der Waals surface area contributed by atoms with Gasteiger partial charge < -0.3 is 10.0 Å². The molecule has 1 aromatic rings. The Balaban J connectivity index is 2.57. The van der Waals surface area contributed by atoms with E-state index in [0.29, 0.717) is 0 Å². The van der Waals surface area contributed by atoms with E-state index < -0.39 is 0 Å². The number of unbranched alkanes of at least 4 members (excludes halogenated alkanes) is 1. The largest absolute Gasteiger partial charge is 0.396 e. The number of aryl methyl sites for hydroxylation is 1. The summed E-state index contributed by atoms with van der Waals surface area (Å²) in [5.74, 6) is 0. The van der Waals surface area contributed by atoms with Crippen LogP contribution in [0, 0.1) is 6.92 Å². The van der Waals surface area contributed by atoms with Crippen molar-refractivity contribution in [2.75, 3.05) is 25.1 Å². The summed E-state index contributed by atoms with van der Waals surface area (Å²) < 4.78 is 1.15. The highest BCUT2D eigenvalue weighted by Crippen LogP contribution is 2.22. The van der Waals surface area contributed by atoms with Crippen molar-refractivity contribution in [1.29, 1.82) is 0 Å². The molecule has 0 aliphatic heterocycles. The highest BCUT2D eigenvalue weighted by Gasteiger charge is 2.02. The van der Waals surface area contributed by atoms with Crippen molar-refractivity contribution in [2.24, 2.45) is 0 Å². The van der Waals surface area contributed by atoms with Gasteiger partial charge in [-0.2, -0.15) is 0 Å². The van der Waals surface area contributed by atoms with Crippen LogP contribution in [0.15, 0.2) is 22.7 Å². The van der Waals surface area contributed by atoms with Crippen LogP contribution in [0.3, 0.4) is 0 Å². The third-order valence-corrected chi connectivity index (χ3v) is 3.37. The van der Waals surface area contributed by atoms with Gasteiger partial charge in [0.25, 0.3) is 0 Å². The molecule has 1 N–H and O–H groups in total. The lowest BCUT2D eigenvalue weighted by atomic mass is 10.2. The van der Waals surface area contributed by atoms with Crippen molar-refractivity contribution in [3.05, 3.63) is 28.2 Å². The van der Waals surface area contributed by atoms with Crippen molar-refractivity contribution >= 4 is 21.6 Å². The van der Waals surface area contributed by atoms with E-state index in [4.69, 9.17) is 5.11 Å². The van der Waals surface area contributed by atoms with Crippen LogP contribution in [0.5, 0.6) is 0 Å². The maximum absolute atomic E-state index is 8.71. The normalized spacial score (nSPS) is 10.4. The van der Waals surface area contributed by atoms with E-state index in [1.807, 2.05) is 0 Å². The summed E-state index contributed by atoms with van der Waals surface area (Å²) in [6.07, 6.45) is 1.90. The zero-order chi connectivity index (χ0) is 11.3. The Morgan fingerprint density at radius 3 is 2.67 bits per heavy atom. The molecule has 3 heteroatoms. The van der Waals surface area contributed by atoms with Crippen molar-refractivity contribution in [2.45, 2.75) is 19.8 Å². The maximum atomic E-state index is 8.71. The van der Waals surface area contributed by atoms with Crippen LogP contribution in [-0.2, 0) is 0 Å². The SMILES string of the molecule is Cc1cc(N(C)CCCCO)ccc1Br. The topological polar surface area (TPSA) is 23.5 Å². The summed E-state index contributed by atoms with van der Waals surface area (Å²) in [5.41, 5.74) is 2.48. The molecule has 0 spiro atoms. The summed E-state index contributed by atoms with van der Waals surface area (Å²) in [6.45, 7) is 3.37. The fraction of sp³-hybridized carbons (Fsp3) is 0.500. The Bertz CT molecular complexity index is 314. The smallest absolute Gasteiger partial charge is 0.0431 e. The van der Waals surface area contributed by atoms with Crippen LogP contribution < -0.4 is 4.90 Å². The number of halogens is 1. The van der Waals surface area contributed by atoms with Gasteiger partial charge in [-0.25, -0.2) is 0 Å². The van der Waals surface area contributed by atoms with Gasteiger partial charge in [0.2, 0.25) is 0 Å². The fourth-order valence-electron chi connectivity index (χ4n) is 1.46. The second kappa shape index (κ2) is 6.13. The van der Waals surface area contributed by atoms with E-state index >= 15 is 0 Å². The molecule has 0 radical (unpaired) electrons. The van der Waals surface area contributed by atoms with Gasteiger partial charge in [-0.3, -0.25) is 0 Å². The molecule has 0 aliphatic rings. The molecule has 0 amide bonds. The Labute approximate surface area is 100 Å². The highest BCUT2D eigenvalue weighted by molar-refractivity contribution is 9.10. The minimum Gasteiger partial charge on any atom is -0.396 e. The van der Waals surface area contributed by atoms with Crippen molar-refractivity contribution in [3.63, 3.8) is 0 Å². The predicted molar refractivity (Wildman–Crippen MR) is 68.5 cm³/mol. The van der Waals surface area contributed by atoms with Gasteiger partial charge in [-0.1, -0.05) is 15.9 Å². The van der Waals surface area contributed by atoms with Gasteiger partial charge in [0, 0.05) is 30.4 Å². The minimum absolute atomic E-state index is 0.285. The number of nitrogens with zero attached hydrogens (tertiary/aromatic N) is 1. The summed E-state index contributed by atoms with van der Waals surface area (Å²) in [4.78, 5) is 2.22. The number of hydrogen-bond acceptors (Lipinski definition) is 2. The quantitative estimate of drug-likeness (QED) is 0.833. The molecule has 1 aromatic carbocycles. The first-order valence-electron chi connectivity index (χ1n) is 5.23. The molecule has 0 fully saturated rings. The van der Waals surface area contributed by atoms with E-state index in [0.717, 1.165) is 23.9 Å². The van der Waals surface area contributed by atoms with Crippen molar-refractivity contribution < 1.29 is 5.11 Å². The summed E-state index contributed by atoms with van der Waals surface area (Å²) in [7, 11) is 2.08. The van der Waals surface area contributed by atoms with Crippen LogP contribution in [0.25, 0.3) is 0 Å². The lowest BCUT2D eigenvalue weighted by Crippen LogP contribution is -2.18. The predicted octanol–water partition coefficient (Wildman–Crippen LogP) is 2.97. The molecular weight excluding hydrogens is 254 g/mol. The number of rotatable bonds is 5. The minimum atomic E-state index is 0.285. The first-order chi connectivity index (χ1) is 7.15. The molecule has 0 saturated heterocycles. The molecule has 84 valence electrons. The molecule has 0 saturated carbocycles. The monoisotopic (exact) mass is 271 g/mol. The van der Waals surface area contributed by atoms with E-state index in [2.05, 4.69) is 53.0 Å². The molecule has 0 aromatic heterocycles. The second-order valence-electron chi connectivity index (χ2n) is 3.79. The number of aliphatic hydroxyl groups excluding tert-OH is 1. The number of anilines is 1. The Kier molecular flexibility index (Phi) is 5.12. The molecule has 0 heterocycles. The lowest BCUT2D eigenvalue weighted by Gasteiger charge is -2.19. The van der Waals surface area contributed by atoms with Crippen molar-refractivity contribution in [1.82, 2.24) is 0 Å². The van der Waals surface area contributed by atoms with Crippen LogP contribution in [0.2, 0.25) is 0 Å². The average molecular weight is 272 g/mol. The Morgan fingerprint density at radius 1 is 1.33 bits per heavy atom. The van der Waals surface area contributed by atoms with Gasteiger partial charge in [-0.05, 0) is 43.5 Å². The first kappa shape index (κ1) is 12.5. The van der Waals surface area contributed by atoms with Gasteiger partial charge in [0.05, 0.1) is 0 Å². The zero-order valence-electron chi connectivity index (χ0n) is 9.33. The standard InChI is InChI=1S/C12H18BrNO/c1-10-9-11(5-6-12(10)13)14(2)7-3-4-8-15/h5-6,9,15H,3-4,7-8H2,1-2H3. The van der Waals surface area contributed by atoms with E-state index in [9.17, 15) is 0 Å². The molecule has 0 atom stereocenters. The Hall–Kier alpha value is -0.540. The van der Waals surface area contributed by atoms with Crippen LogP contribution in [0.4, 0.5) is 5.69 Å². The van der Waals surface area contributed by atoms with E-state index in [1.54, 1.807) is 0 Å². The number of benzene rings is 1. The third kappa shape index (κ3) is 3.84. The Morgan fingerprint density at radius 2 is 2.07 bits per heavy atom. The summed E-state index contributed by atoms with van der Waals surface area (Å²) in [6, 6.07) is 6.35. The highest BCUT2D eigenvalue weighted by atomic mass is 79.9. The first-order valence-corrected chi connectivity index (χ1v) is 6.02. The lowest BCUT2D eigenvalue weighted by molar-refractivity contribution is 0.285. The molecule has 0 aliphatic carbocycles. The van der Waals surface area contributed by atoms with E-state index in [-0.39, 0.29) is 6.61 Å². The molecular formula is C12H18BrNO. The van der Waals surface area contributed by atoms with Gasteiger partial charge in [0.15, 0.2) is 0 Å². The van der Waals surface area contributed by atoms with Crippen LogP contribution in [-0.4, -0.2) is 25.3 Å². The van der Waals surface area contributed by atoms with Crippen molar-refractivity contribution in [3.8, 4) is 0 Å². The molecule has 0 bridgehead atoms. The van der Waals surface area contributed by atoms with Crippen LogP contribution >= 0.6 is 15.9 Å². The van der Waals surface area contributed by atoms with Gasteiger partial charge in [-0.15, -0.1) is 0 Å². The molecule has 0 unspecified atom stereocenters. The zero-order valence-corrected chi connectivity index (χ0v) is 10.9. The van der Waals surface area contributed by atoms with Gasteiger partial charge in [0.1, 0.15) is 0 Å². The fourth-order valence-corrected chi connectivity index (χ4v) is 1.70. The molecule has 1 rings (SSSR count). The molecule has 15 heavy (non-hydrogen) atoms. The maximum Gasteiger partial charge on any atom is 0.0431 e. The van der Waals surface area contributed by atoms with Crippen LogP contribution in [0.1, 0.15) is 18.4 Å². The number of hydrogen-bond donors (Lipinski definition) is 1.